The van der Waals surface area contributed by atoms with Crippen LogP contribution in [0.25, 0.3) is 10.9 Å². The third-order valence-electron chi connectivity index (χ3n) is 16.1. The van der Waals surface area contributed by atoms with Gasteiger partial charge < -0.3 is 60.3 Å². The van der Waals surface area contributed by atoms with Crippen molar-refractivity contribution in [3.05, 3.63) is 60.3 Å². The molecule has 0 bridgehead atoms. The molecule has 9 N–H and O–H groups in total. The average Bonchev–Trinajstić information content (AvgIpc) is 3.97. The summed E-state index contributed by atoms with van der Waals surface area (Å²) < 4.78 is 22.6. The van der Waals surface area contributed by atoms with E-state index in [9.17, 15) is 49.5 Å². The van der Waals surface area contributed by atoms with Crippen molar-refractivity contribution in [2.45, 2.75) is 159 Å². The number of aliphatic hydroxyl groups excluding tert-OH is 2. The number of carboxylic acid groups (broad SMARTS) is 1. The Morgan fingerprint density at radius 1 is 1.04 bits per heavy atom. The van der Waals surface area contributed by atoms with Gasteiger partial charge in [-0.3, -0.25) is 24.1 Å². The van der Waals surface area contributed by atoms with E-state index in [1.807, 2.05) is 50.4 Å². The van der Waals surface area contributed by atoms with E-state index in [-0.39, 0.29) is 25.2 Å². The number of Topliss-reactive ketones (excluding diaryl/α,β-unsaturated/α-hetero) is 1. The Kier molecular flexibility index (Phi) is 14.0. The number of ketones is 1. The number of cyclic esters (lactones) is 1. The highest BCUT2D eigenvalue weighted by atomic mass is 16.6. The molecular formula is C49H69N3O15. The highest BCUT2D eigenvalue weighted by Gasteiger charge is 2.81. The van der Waals surface area contributed by atoms with Crippen LogP contribution in [0, 0.1) is 22.7 Å². The summed E-state index contributed by atoms with van der Waals surface area (Å²) in [7, 11) is 0. The van der Waals surface area contributed by atoms with E-state index in [1.54, 1.807) is 13.8 Å². The zero-order valence-corrected chi connectivity index (χ0v) is 39.9. The Morgan fingerprint density at radius 3 is 2.33 bits per heavy atom. The second-order valence-corrected chi connectivity index (χ2v) is 20.9. The first-order chi connectivity index (χ1) is 30.9. The first-order valence-electron chi connectivity index (χ1n) is 22.9. The fraction of sp³-hybridized carbons (Fsp3) is 0.653. The summed E-state index contributed by atoms with van der Waals surface area (Å²) in [5.74, 6) is -5.49. The summed E-state index contributed by atoms with van der Waals surface area (Å²) in [6.07, 6.45) is 3.21. The number of aromatic nitrogens is 1. The van der Waals surface area contributed by atoms with Crippen LogP contribution in [0.1, 0.15) is 93.6 Å². The third-order valence-corrected chi connectivity index (χ3v) is 16.1. The van der Waals surface area contributed by atoms with Gasteiger partial charge in [-0.25, -0.2) is 4.79 Å². The summed E-state index contributed by atoms with van der Waals surface area (Å²) in [6.45, 7) is 19.0. The van der Waals surface area contributed by atoms with Crippen molar-refractivity contribution in [2.75, 3.05) is 19.7 Å². The summed E-state index contributed by atoms with van der Waals surface area (Å²) in [5, 5.41) is 65.6. The van der Waals surface area contributed by atoms with Crippen LogP contribution >= 0.6 is 0 Å². The highest BCUT2D eigenvalue weighted by Crippen LogP contribution is 2.67. The lowest BCUT2D eigenvalue weighted by Gasteiger charge is -2.71. The SMILES string of the molecule is C=C[C@@]1(C)CC(=O)[C@]2(O)[C@@]3(C)[C@@H](O)CCC(C)(C)[C@@H]3[C@H](O)[C@H](OC(C)=O)[C@@]2(C)O1.C[C@H]1C(=O)O[C@@H]2CCN3CC=C(COC(=O)[C@](C)(O)[C@]1(C)O)[C@H]23.NC(Cc1c[nH]c2ccccc12)C(=O)O. The number of nitrogens with one attached hydrogen (secondary N) is 1. The first-order valence-corrected chi connectivity index (χ1v) is 22.9. The molecule has 1 aromatic carbocycles. The van der Waals surface area contributed by atoms with E-state index in [4.69, 9.17) is 29.8 Å². The summed E-state index contributed by atoms with van der Waals surface area (Å²) >= 11 is 0. The van der Waals surface area contributed by atoms with Gasteiger partial charge in [0.15, 0.2) is 23.1 Å². The Balaban J connectivity index is 0.000000174. The van der Waals surface area contributed by atoms with E-state index < -0.39 is 105 Å². The number of nitrogens with two attached hydrogens (primary N) is 1. The minimum absolute atomic E-state index is 0.0225. The molecule has 0 radical (unpaired) electrons. The zero-order chi connectivity index (χ0) is 50.0. The summed E-state index contributed by atoms with van der Waals surface area (Å²) in [5.41, 5.74) is -2.92. The molecule has 370 valence electrons. The number of carboxylic acids is 1. The Morgan fingerprint density at radius 2 is 1.70 bits per heavy atom. The molecular weight excluding hydrogens is 871 g/mol. The lowest BCUT2D eigenvalue weighted by molar-refractivity contribution is -0.370. The number of fused-ring (bicyclic) bond motifs is 4. The molecule has 67 heavy (non-hydrogen) atoms. The molecule has 18 nitrogen and oxygen atoms in total. The third kappa shape index (κ3) is 8.55. The van der Waals surface area contributed by atoms with E-state index >= 15 is 0 Å². The molecule has 6 aliphatic rings. The van der Waals surface area contributed by atoms with E-state index in [0.717, 1.165) is 42.1 Å². The Labute approximate surface area is 390 Å². The van der Waals surface area contributed by atoms with Crippen molar-refractivity contribution in [3.8, 4) is 0 Å². The van der Waals surface area contributed by atoms with Gasteiger partial charge in [0.05, 0.1) is 29.8 Å². The molecule has 2 aliphatic carbocycles. The maximum atomic E-state index is 13.6. The molecule has 2 aromatic rings. The van der Waals surface area contributed by atoms with Gasteiger partial charge in [0.1, 0.15) is 30.0 Å². The number of carbonyl (C=O) groups is 5. The molecule has 5 fully saturated rings. The van der Waals surface area contributed by atoms with Crippen LogP contribution in [-0.2, 0) is 49.3 Å². The molecule has 1 aromatic heterocycles. The topological polar surface area (TPSA) is 289 Å². The van der Waals surface area contributed by atoms with Crippen LogP contribution < -0.4 is 5.73 Å². The largest absolute Gasteiger partial charge is 0.480 e. The smallest absolute Gasteiger partial charge is 0.341 e. The standard InChI is InChI=1S/C22H34O7.C16H23NO6.C11H12N2O2/c1-8-19(5)11-14(25)22(27)20(6)13(24)9-10-18(3,4)16(20)15(26)17(28-12(2)23)21(22,7)29-19;1-9-13(18)23-11-5-7-17-6-4-10(12(11)17)8-22-14(19)16(3,21)15(9,2)20;12-9(11(14)15)5-7-6-13-10-4-2-1-3-8(7)10/h8,13,15-17,24,26-27H,1,9-11H2,2-7H3;4,9,11-12,20-21H,5-8H2,1-3H3;1-4,6,9,13H,5,12H2,(H,14,15)/t13-,15-,16-,17-,19-,20-,21+,22-;9-,11+,12+,15+,16-;/m00./s1. The Hall–Kier alpha value is -4.53. The highest BCUT2D eigenvalue weighted by molar-refractivity contribution is 5.92. The number of aliphatic hydroxyl groups is 5. The number of ether oxygens (including phenoxy) is 4. The van der Waals surface area contributed by atoms with E-state index in [2.05, 4.69) is 16.5 Å². The molecule has 8 rings (SSSR count). The number of H-pyrrole nitrogens is 1. The lowest BCUT2D eigenvalue weighted by atomic mass is 9.40. The number of hydrogen-bond donors (Lipinski definition) is 8. The maximum Gasteiger partial charge on any atom is 0.341 e. The van der Waals surface area contributed by atoms with Crippen molar-refractivity contribution < 1.29 is 73.6 Å². The van der Waals surface area contributed by atoms with Crippen molar-refractivity contribution in [1.82, 2.24) is 9.88 Å². The number of benzene rings is 1. The van der Waals surface area contributed by atoms with Crippen molar-refractivity contribution in [1.29, 1.82) is 0 Å². The van der Waals surface area contributed by atoms with Crippen molar-refractivity contribution >= 4 is 40.6 Å². The number of esters is 3. The van der Waals surface area contributed by atoms with Gasteiger partial charge in [-0.1, -0.05) is 51.1 Å². The average molecular weight is 940 g/mol. The number of rotatable bonds is 5. The van der Waals surface area contributed by atoms with Gasteiger partial charge in [0, 0.05) is 61.3 Å². The fourth-order valence-corrected chi connectivity index (χ4v) is 11.8. The van der Waals surface area contributed by atoms with Crippen molar-refractivity contribution in [2.24, 2.45) is 28.4 Å². The van der Waals surface area contributed by atoms with Gasteiger partial charge in [-0.05, 0) is 76.5 Å². The number of aliphatic carboxylic acids is 1. The minimum atomic E-state index is -2.22. The molecule has 0 amide bonds. The molecule has 3 saturated heterocycles. The first kappa shape index (κ1) is 51.9. The fourth-order valence-electron chi connectivity index (χ4n) is 11.8. The monoisotopic (exact) mass is 939 g/mol. The van der Waals surface area contributed by atoms with E-state index in [1.165, 1.54) is 33.8 Å². The molecule has 2 saturated carbocycles. The number of carbonyl (C=O) groups excluding carboxylic acids is 4. The number of hydrogen-bond acceptors (Lipinski definition) is 16. The van der Waals surface area contributed by atoms with Gasteiger partial charge in [0.2, 0.25) is 0 Å². The number of para-hydroxylation sites is 1. The molecule has 18 heteroatoms. The number of nitrogens with zero attached hydrogens (tertiary/aromatic N) is 1. The molecule has 5 heterocycles. The van der Waals surface area contributed by atoms with Crippen LogP contribution in [0.3, 0.4) is 0 Å². The van der Waals surface area contributed by atoms with Gasteiger partial charge >= 0.3 is 23.9 Å². The Bertz CT molecular complexity index is 2310. The molecule has 0 spiro atoms. The second-order valence-electron chi connectivity index (χ2n) is 20.9. The van der Waals surface area contributed by atoms with Crippen molar-refractivity contribution in [3.63, 3.8) is 0 Å². The predicted molar refractivity (Wildman–Crippen MR) is 242 cm³/mol. The lowest BCUT2D eigenvalue weighted by Crippen LogP contribution is -2.86. The number of aromatic amines is 1. The molecule has 4 aliphatic heterocycles. The summed E-state index contributed by atoms with van der Waals surface area (Å²) in [6, 6.07) is 6.82. The minimum Gasteiger partial charge on any atom is -0.480 e. The van der Waals surface area contributed by atoms with Crippen LogP contribution in [-0.4, -0.2) is 154 Å². The van der Waals surface area contributed by atoms with Gasteiger partial charge in [0.25, 0.3) is 0 Å². The quantitative estimate of drug-likeness (QED) is 0.121. The van der Waals surface area contributed by atoms with Crippen LogP contribution in [0.5, 0.6) is 0 Å². The van der Waals surface area contributed by atoms with Gasteiger partial charge in [-0.15, -0.1) is 6.58 Å². The molecule has 14 atom stereocenters. The van der Waals surface area contributed by atoms with Gasteiger partial charge in [-0.2, -0.15) is 0 Å². The van der Waals surface area contributed by atoms with E-state index in [0.29, 0.717) is 25.7 Å². The van der Waals surface area contributed by atoms with Crippen LogP contribution in [0.4, 0.5) is 0 Å². The molecule has 1 unspecified atom stereocenters. The van der Waals surface area contributed by atoms with Crippen LogP contribution in [0.15, 0.2) is 54.8 Å². The second kappa shape index (κ2) is 18.1. The predicted octanol–water partition coefficient (Wildman–Crippen LogP) is 2.25. The maximum absolute atomic E-state index is 13.6. The normalized spacial score (nSPS) is 40.6. The van der Waals surface area contributed by atoms with Crippen LogP contribution in [0.2, 0.25) is 0 Å². The zero-order valence-electron chi connectivity index (χ0n) is 39.9. The summed E-state index contributed by atoms with van der Waals surface area (Å²) in [4.78, 5) is 66.1.